The van der Waals surface area contributed by atoms with Crippen molar-refractivity contribution in [1.82, 2.24) is 0 Å². The minimum atomic E-state index is -0.713. The fourth-order valence-electron chi connectivity index (χ4n) is 1.03. The molecule has 12 heavy (non-hydrogen) atoms. The highest BCUT2D eigenvalue weighted by atomic mass is 16.6. The Morgan fingerprint density at radius 2 is 2.17 bits per heavy atom. The average molecular weight is 166 g/mol. The maximum Gasteiger partial charge on any atom is 0.519 e. The molecule has 0 amide bonds. The Morgan fingerprint density at radius 1 is 1.33 bits per heavy atom. The van der Waals surface area contributed by atoms with Crippen LogP contribution in [0.15, 0.2) is 31.8 Å². The number of ether oxygens (including phenoxy) is 1. The highest BCUT2D eigenvalue weighted by Crippen LogP contribution is 2.23. The van der Waals surface area contributed by atoms with E-state index >= 15 is 0 Å². The monoisotopic (exact) mass is 166 g/mol. The number of hydrogen-bond acceptors (Lipinski definition) is 4. The zero-order valence-electron chi connectivity index (χ0n) is 6.37. The molecular weight excluding hydrogens is 160 g/mol. The van der Waals surface area contributed by atoms with Gasteiger partial charge in [-0.25, -0.2) is 4.79 Å². The van der Waals surface area contributed by atoms with Gasteiger partial charge >= 0.3 is 5.82 Å². The number of hydrogen-bond donors (Lipinski definition) is 0. The SMILES string of the molecule is COc1cccc2oc(=O)oc12. The predicted molar refractivity (Wildman–Crippen MR) is 41.3 cm³/mol. The summed E-state index contributed by atoms with van der Waals surface area (Å²) < 4.78 is 14.4. The molecule has 1 aromatic heterocycles. The van der Waals surface area contributed by atoms with Crippen LogP contribution >= 0.6 is 0 Å². The number of benzene rings is 1. The van der Waals surface area contributed by atoms with E-state index in [1.54, 1.807) is 18.2 Å². The van der Waals surface area contributed by atoms with Crippen molar-refractivity contribution in [3.63, 3.8) is 0 Å². The van der Waals surface area contributed by atoms with Gasteiger partial charge in [0.1, 0.15) is 0 Å². The zero-order chi connectivity index (χ0) is 8.55. The van der Waals surface area contributed by atoms with Gasteiger partial charge in [-0.2, -0.15) is 0 Å². The van der Waals surface area contributed by atoms with E-state index in [1.807, 2.05) is 0 Å². The second kappa shape index (κ2) is 2.41. The van der Waals surface area contributed by atoms with E-state index in [9.17, 15) is 4.79 Å². The molecule has 0 aliphatic rings. The molecular formula is C8H6O4. The van der Waals surface area contributed by atoms with Crippen LogP contribution in [0.2, 0.25) is 0 Å². The zero-order valence-corrected chi connectivity index (χ0v) is 6.37. The van der Waals surface area contributed by atoms with Crippen LogP contribution in [0.5, 0.6) is 5.75 Å². The van der Waals surface area contributed by atoms with E-state index in [-0.39, 0.29) is 0 Å². The summed E-state index contributed by atoms with van der Waals surface area (Å²) in [5, 5.41) is 0. The van der Waals surface area contributed by atoms with E-state index in [0.717, 1.165) is 0 Å². The minimum Gasteiger partial charge on any atom is -0.493 e. The second-order valence-electron chi connectivity index (χ2n) is 2.24. The van der Waals surface area contributed by atoms with Crippen molar-refractivity contribution in [3.05, 3.63) is 28.8 Å². The van der Waals surface area contributed by atoms with Crippen molar-refractivity contribution in [2.24, 2.45) is 0 Å². The first-order chi connectivity index (χ1) is 5.81. The van der Waals surface area contributed by atoms with Crippen LogP contribution in [-0.2, 0) is 0 Å². The van der Waals surface area contributed by atoms with Gasteiger partial charge in [-0.3, -0.25) is 0 Å². The Kier molecular flexibility index (Phi) is 1.40. The van der Waals surface area contributed by atoms with Gasteiger partial charge in [-0.15, -0.1) is 0 Å². The molecule has 0 radical (unpaired) electrons. The van der Waals surface area contributed by atoms with Crippen LogP contribution in [0.25, 0.3) is 11.2 Å². The first kappa shape index (κ1) is 6.97. The highest BCUT2D eigenvalue weighted by molar-refractivity contribution is 5.76. The molecule has 2 rings (SSSR count). The summed E-state index contributed by atoms with van der Waals surface area (Å²) in [4.78, 5) is 10.7. The topological polar surface area (TPSA) is 52.6 Å². The summed E-state index contributed by atoms with van der Waals surface area (Å²) in [6, 6.07) is 5.06. The van der Waals surface area contributed by atoms with E-state index in [4.69, 9.17) is 13.6 Å². The number of methoxy groups -OCH3 is 1. The van der Waals surface area contributed by atoms with Crippen molar-refractivity contribution in [2.75, 3.05) is 7.11 Å². The van der Waals surface area contributed by atoms with E-state index < -0.39 is 5.82 Å². The third kappa shape index (κ3) is 0.887. The lowest BCUT2D eigenvalue weighted by atomic mass is 10.3. The molecule has 0 saturated carbocycles. The molecule has 0 aliphatic carbocycles. The summed E-state index contributed by atoms with van der Waals surface area (Å²) in [6.07, 6.45) is 0. The Hall–Kier alpha value is -1.71. The molecule has 0 bridgehead atoms. The van der Waals surface area contributed by atoms with Crippen molar-refractivity contribution in [2.45, 2.75) is 0 Å². The lowest BCUT2D eigenvalue weighted by Gasteiger charge is -1.95. The molecule has 4 nitrogen and oxygen atoms in total. The van der Waals surface area contributed by atoms with Crippen LogP contribution in [0.4, 0.5) is 0 Å². The number of para-hydroxylation sites is 1. The lowest BCUT2D eigenvalue weighted by Crippen LogP contribution is -1.85. The van der Waals surface area contributed by atoms with E-state index in [2.05, 4.69) is 0 Å². The van der Waals surface area contributed by atoms with Crippen molar-refractivity contribution >= 4 is 11.2 Å². The maximum absolute atomic E-state index is 10.7. The Morgan fingerprint density at radius 3 is 2.92 bits per heavy atom. The quantitative estimate of drug-likeness (QED) is 0.642. The normalized spacial score (nSPS) is 10.4. The summed E-state index contributed by atoms with van der Waals surface area (Å²) in [6.45, 7) is 0. The van der Waals surface area contributed by atoms with Crippen LogP contribution in [0.1, 0.15) is 0 Å². The van der Waals surface area contributed by atoms with Gasteiger partial charge in [0, 0.05) is 0 Å². The Bertz CT molecular complexity index is 451. The number of rotatable bonds is 1. The third-order valence-electron chi connectivity index (χ3n) is 1.54. The van der Waals surface area contributed by atoms with Gasteiger partial charge in [0.2, 0.25) is 5.58 Å². The summed E-state index contributed by atoms with van der Waals surface area (Å²) in [5.74, 6) is -0.215. The molecule has 0 unspecified atom stereocenters. The molecule has 0 saturated heterocycles. The lowest BCUT2D eigenvalue weighted by molar-refractivity contribution is 0.388. The minimum absolute atomic E-state index is 0.352. The molecule has 1 aromatic carbocycles. The van der Waals surface area contributed by atoms with Crippen molar-refractivity contribution < 1.29 is 13.6 Å². The molecule has 2 aromatic rings. The van der Waals surface area contributed by atoms with Crippen molar-refractivity contribution in [3.8, 4) is 5.75 Å². The average Bonchev–Trinajstić information content (AvgIpc) is 2.44. The largest absolute Gasteiger partial charge is 0.519 e. The fourth-order valence-corrected chi connectivity index (χ4v) is 1.03. The summed E-state index contributed by atoms with van der Waals surface area (Å²) in [5.41, 5.74) is 0.754. The molecule has 0 aliphatic heterocycles. The molecule has 0 spiro atoms. The van der Waals surface area contributed by atoms with Gasteiger partial charge in [0.15, 0.2) is 11.3 Å². The van der Waals surface area contributed by atoms with Crippen LogP contribution in [-0.4, -0.2) is 7.11 Å². The molecule has 62 valence electrons. The van der Waals surface area contributed by atoms with Gasteiger partial charge in [0.25, 0.3) is 0 Å². The van der Waals surface area contributed by atoms with E-state index in [1.165, 1.54) is 7.11 Å². The number of fused-ring (bicyclic) bond motifs is 1. The first-order valence-corrected chi connectivity index (χ1v) is 3.38. The predicted octanol–water partition coefficient (Wildman–Crippen LogP) is 1.39. The maximum atomic E-state index is 10.7. The first-order valence-electron chi connectivity index (χ1n) is 3.38. The fraction of sp³-hybridized carbons (Fsp3) is 0.125. The molecule has 0 atom stereocenters. The molecule has 0 fully saturated rings. The molecule has 4 heteroatoms. The van der Waals surface area contributed by atoms with Gasteiger partial charge < -0.3 is 13.6 Å². The van der Waals surface area contributed by atoms with Crippen LogP contribution in [0.3, 0.4) is 0 Å². The Balaban J connectivity index is 2.87. The molecule has 0 N–H and O–H groups in total. The summed E-state index contributed by atoms with van der Waals surface area (Å²) in [7, 11) is 1.50. The van der Waals surface area contributed by atoms with Crippen LogP contribution < -0.4 is 10.6 Å². The standard InChI is InChI=1S/C8H6O4/c1-10-5-3-2-4-6-7(5)12-8(9)11-6/h2-4H,1H3. The Labute approximate surface area is 67.4 Å². The van der Waals surface area contributed by atoms with Gasteiger partial charge in [-0.05, 0) is 12.1 Å². The molecule has 1 heterocycles. The van der Waals surface area contributed by atoms with Gasteiger partial charge in [0.05, 0.1) is 7.11 Å². The third-order valence-corrected chi connectivity index (χ3v) is 1.54. The van der Waals surface area contributed by atoms with E-state index in [0.29, 0.717) is 16.9 Å². The van der Waals surface area contributed by atoms with Crippen LogP contribution in [0, 0.1) is 0 Å². The van der Waals surface area contributed by atoms with Gasteiger partial charge in [-0.1, -0.05) is 6.07 Å². The van der Waals surface area contributed by atoms with Crippen molar-refractivity contribution in [1.29, 1.82) is 0 Å². The summed E-state index contributed by atoms with van der Waals surface area (Å²) >= 11 is 0. The highest BCUT2D eigenvalue weighted by Gasteiger charge is 2.07. The second-order valence-corrected chi connectivity index (χ2v) is 2.24. The smallest absolute Gasteiger partial charge is 0.493 e.